The molecule has 2 aromatic carbocycles. The van der Waals surface area contributed by atoms with Gasteiger partial charge in [-0.15, -0.1) is 0 Å². The summed E-state index contributed by atoms with van der Waals surface area (Å²) in [4.78, 5) is 43.7. The van der Waals surface area contributed by atoms with Crippen LogP contribution in [0.2, 0.25) is 0 Å². The number of hydrogen-bond acceptors (Lipinski definition) is 10. The highest BCUT2D eigenvalue weighted by atomic mass is 32.1. The van der Waals surface area contributed by atoms with Crippen molar-refractivity contribution in [2.75, 3.05) is 27.9 Å². The molecule has 1 aliphatic heterocycles. The van der Waals surface area contributed by atoms with Gasteiger partial charge in [0.15, 0.2) is 16.3 Å². The Balaban J connectivity index is 1.96. The molecule has 0 spiro atoms. The Morgan fingerprint density at radius 1 is 1.05 bits per heavy atom. The van der Waals surface area contributed by atoms with E-state index in [-0.39, 0.29) is 29.2 Å². The average Bonchev–Trinajstić information content (AvgIpc) is 3.24. The molecule has 2 heterocycles. The molecule has 0 aliphatic carbocycles. The molecule has 1 aromatic heterocycles. The van der Waals surface area contributed by atoms with Crippen molar-refractivity contribution in [1.82, 2.24) is 4.57 Å². The van der Waals surface area contributed by atoms with E-state index >= 15 is 0 Å². The quantitative estimate of drug-likeness (QED) is 0.221. The summed E-state index contributed by atoms with van der Waals surface area (Å²) in [5.41, 5.74) is 1.37. The number of esters is 2. The van der Waals surface area contributed by atoms with E-state index in [0.717, 1.165) is 0 Å². The van der Waals surface area contributed by atoms with Crippen LogP contribution in [0.15, 0.2) is 70.1 Å². The Hall–Kier alpha value is -4.64. The number of fused-ring (bicyclic) bond motifs is 1. The molecule has 0 fully saturated rings. The molecule has 4 rings (SSSR count). The van der Waals surface area contributed by atoms with Crippen molar-refractivity contribution in [3.05, 3.63) is 91.1 Å². The number of carbonyl (C=O) groups is 2. The number of rotatable bonds is 9. The molecular formula is C29H28N2O8S. The van der Waals surface area contributed by atoms with Crippen LogP contribution < -0.4 is 33.8 Å². The van der Waals surface area contributed by atoms with Crippen LogP contribution in [0.3, 0.4) is 0 Å². The van der Waals surface area contributed by atoms with E-state index in [1.807, 2.05) is 0 Å². The van der Waals surface area contributed by atoms with Crippen LogP contribution in [0.1, 0.15) is 31.0 Å². The number of benzene rings is 2. The molecule has 0 saturated heterocycles. The maximum Gasteiger partial charge on any atom is 0.338 e. The lowest BCUT2D eigenvalue weighted by atomic mass is 9.95. The summed E-state index contributed by atoms with van der Waals surface area (Å²) >= 11 is 1.17. The van der Waals surface area contributed by atoms with Crippen molar-refractivity contribution in [3.8, 4) is 23.0 Å². The molecule has 0 N–H and O–H groups in total. The molecule has 0 saturated carbocycles. The topological polar surface area (TPSA) is 115 Å². The highest BCUT2D eigenvalue weighted by Gasteiger charge is 2.34. The van der Waals surface area contributed by atoms with Crippen LogP contribution >= 0.6 is 11.3 Å². The molecule has 40 heavy (non-hydrogen) atoms. The first-order chi connectivity index (χ1) is 19.2. The third-order valence-corrected chi connectivity index (χ3v) is 7.04. The molecule has 0 radical (unpaired) electrons. The number of aromatic nitrogens is 1. The lowest BCUT2D eigenvalue weighted by Gasteiger charge is -2.25. The van der Waals surface area contributed by atoms with E-state index in [0.29, 0.717) is 37.7 Å². The zero-order valence-electron chi connectivity index (χ0n) is 22.7. The fourth-order valence-corrected chi connectivity index (χ4v) is 5.33. The Morgan fingerprint density at radius 3 is 2.42 bits per heavy atom. The average molecular weight is 565 g/mol. The maximum absolute atomic E-state index is 13.9. The van der Waals surface area contributed by atoms with Gasteiger partial charge >= 0.3 is 11.9 Å². The number of thiazole rings is 1. The first kappa shape index (κ1) is 28.4. The van der Waals surface area contributed by atoms with Crippen LogP contribution in [0, 0.1) is 0 Å². The first-order valence-corrected chi connectivity index (χ1v) is 12.9. The van der Waals surface area contributed by atoms with Gasteiger partial charge in [-0.3, -0.25) is 14.2 Å². The Morgan fingerprint density at radius 2 is 1.77 bits per heavy atom. The number of nitrogens with zero attached hydrogens (tertiary/aromatic N) is 2. The fourth-order valence-electron chi connectivity index (χ4n) is 4.30. The largest absolute Gasteiger partial charge is 0.497 e. The predicted molar refractivity (Wildman–Crippen MR) is 149 cm³/mol. The number of allylic oxidation sites excluding steroid dienone is 1. The lowest BCUT2D eigenvalue weighted by Crippen LogP contribution is -2.40. The van der Waals surface area contributed by atoms with E-state index in [1.54, 1.807) is 56.5 Å². The molecule has 1 unspecified atom stereocenters. The van der Waals surface area contributed by atoms with Crippen LogP contribution in [0.4, 0.5) is 0 Å². The molecule has 0 bridgehead atoms. The van der Waals surface area contributed by atoms with E-state index in [9.17, 15) is 14.4 Å². The summed E-state index contributed by atoms with van der Waals surface area (Å²) in [5, 5.41) is 0. The van der Waals surface area contributed by atoms with Gasteiger partial charge in [0.1, 0.15) is 18.1 Å². The summed E-state index contributed by atoms with van der Waals surface area (Å²) in [6, 6.07) is 9.19. The molecule has 208 valence electrons. The first-order valence-electron chi connectivity index (χ1n) is 12.1. The van der Waals surface area contributed by atoms with Gasteiger partial charge in [0.25, 0.3) is 5.56 Å². The van der Waals surface area contributed by atoms with Crippen LogP contribution in [0.5, 0.6) is 23.0 Å². The van der Waals surface area contributed by atoms with Crippen molar-refractivity contribution in [3.63, 3.8) is 0 Å². The van der Waals surface area contributed by atoms with E-state index < -0.39 is 18.0 Å². The Bertz CT molecular complexity index is 1700. The van der Waals surface area contributed by atoms with Crippen LogP contribution in [-0.2, 0) is 14.3 Å². The van der Waals surface area contributed by atoms with Gasteiger partial charge in [0.2, 0.25) is 0 Å². The summed E-state index contributed by atoms with van der Waals surface area (Å²) in [6.45, 7) is 6.55. The molecule has 3 aromatic rings. The summed E-state index contributed by atoms with van der Waals surface area (Å²) in [7, 11) is 4.52. The zero-order chi connectivity index (χ0) is 29.0. The number of ether oxygens (including phenoxy) is 5. The number of methoxy groups -OCH3 is 3. The van der Waals surface area contributed by atoms with E-state index in [2.05, 4.69) is 11.6 Å². The van der Waals surface area contributed by atoms with Crippen LogP contribution in [0.25, 0.3) is 6.08 Å². The number of carbonyl (C=O) groups excluding carboxylic acids is 2. The summed E-state index contributed by atoms with van der Waals surface area (Å²) in [5.74, 6) is 0.450. The lowest BCUT2D eigenvalue weighted by molar-refractivity contribution is -0.138. The van der Waals surface area contributed by atoms with Crippen molar-refractivity contribution >= 4 is 29.4 Å². The normalized spacial score (nSPS) is 14.6. The van der Waals surface area contributed by atoms with Crippen molar-refractivity contribution < 1.29 is 33.3 Å². The smallest absolute Gasteiger partial charge is 0.338 e. The van der Waals surface area contributed by atoms with Crippen molar-refractivity contribution in [1.29, 1.82) is 0 Å². The van der Waals surface area contributed by atoms with Crippen molar-refractivity contribution in [2.45, 2.75) is 19.9 Å². The standard InChI is InChI=1S/C29H28N2O8S/c1-7-12-38-28(34)25-16(2)30-29-31(26(25)18-8-10-22(39-17(3)32)23(14-18)37-6)27(33)24(40-29)15-19-13-20(35-4)9-11-21(19)36-5/h7-11,13-15,26H,1,12H2,2-6H3/b24-15-. The minimum absolute atomic E-state index is 0.0168. The minimum Gasteiger partial charge on any atom is -0.497 e. The van der Waals surface area contributed by atoms with Gasteiger partial charge in [-0.05, 0) is 48.9 Å². The third kappa shape index (κ3) is 5.55. The monoisotopic (exact) mass is 564 g/mol. The third-order valence-electron chi connectivity index (χ3n) is 6.05. The van der Waals surface area contributed by atoms with Gasteiger partial charge in [0, 0.05) is 12.5 Å². The highest BCUT2D eigenvalue weighted by molar-refractivity contribution is 7.07. The van der Waals surface area contributed by atoms with Gasteiger partial charge in [-0.25, -0.2) is 9.79 Å². The zero-order valence-corrected chi connectivity index (χ0v) is 23.5. The fraction of sp³-hybridized carbons (Fsp3) is 0.241. The second kappa shape index (κ2) is 12.0. The van der Waals surface area contributed by atoms with Gasteiger partial charge in [0.05, 0.1) is 43.2 Å². The SMILES string of the molecule is C=CCOC(=O)C1=C(C)N=c2s/c(=C\c3cc(OC)ccc3OC)c(=O)n2C1c1ccc(OC(C)=O)c(OC)c1. The summed E-state index contributed by atoms with van der Waals surface area (Å²) in [6.07, 6.45) is 3.15. The number of hydrogen-bond donors (Lipinski definition) is 0. The molecule has 10 nitrogen and oxygen atoms in total. The van der Waals surface area contributed by atoms with Crippen LogP contribution in [-0.4, -0.2) is 44.4 Å². The predicted octanol–water partition coefficient (Wildman–Crippen LogP) is 2.92. The highest BCUT2D eigenvalue weighted by Crippen LogP contribution is 2.36. The Labute approximate surface area is 234 Å². The molecular weight excluding hydrogens is 536 g/mol. The minimum atomic E-state index is -0.900. The maximum atomic E-state index is 13.9. The van der Waals surface area contributed by atoms with E-state index in [4.69, 9.17) is 23.7 Å². The van der Waals surface area contributed by atoms with E-state index in [1.165, 1.54) is 43.1 Å². The van der Waals surface area contributed by atoms with Gasteiger partial charge < -0.3 is 23.7 Å². The molecule has 11 heteroatoms. The molecule has 0 amide bonds. The second-order valence-electron chi connectivity index (χ2n) is 8.58. The van der Waals surface area contributed by atoms with Gasteiger partial charge in [-0.1, -0.05) is 30.1 Å². The summed E-state index contributed by atoms with van der Waals surface area (Å²) < 4.78 is 28.7. The molecule has 1 atom stereocenters. The Kier molecular flexibility index (Phi) is 8.54. The molecule has 1 aliphatic rings. The van der Waals surface area contributed by atoms with Gasteiger partial charge in [-0.2, -0.15) is 0 Å². The second-order valence-corrected chi connectivity index (χ2v) is 9.59. The van der Waals surface area contributed by atoms with Crippen molar-refractivity contribution in [2.24, 2.45) is 4.99 Å².